The molecule has 106 valence electrons. The fraction of sp³-hybridized carbons (Fsp3) is 0.286. The van der Waals surface area contributed by atoms with E-state index in [2.05, 4.69) is 26.2 Å². The molecule has 1 aromatic carbocycles. The molecule has 0 aliphatic rings. The molecule has 0 fully saturated rings. The molecule has 0 aliphatic heterocycles. The maximum absolute atomic E-state index is 13.6. The number of rotatable bonds is 6. The van der Waals surface area contributed by atoms with Crippen LogP contribution in [0.3, 0.4) is 0 Å². The second kappa shape index (κ2) is 7.19. The number of hydrogen-bond donors (Lipinski definition) is 1. The Bertz CT molecular complexity index is 572. The van der Waals surface area contributed by atoms with E-state index in [1.165, 1.54) is 12.1 Å². The van der Waals surface area contributed by atoms with Crippen LogP contribution in [-0.4, -0.2) is 22.0 Å². The fourth-order valence-electron chi connectivity index (χ4n) is 1.81. The molecular formula is C14H15BrFN3O. The number of carbonyl (C=O) groups excluding carboxylic acids is 1. The molecule has 0 bridgehead atoms. The smallest absolute Gasteiger partial charge is 0.254 e. The molecule has 0 radical (unpaired) electrons. The Morgan fingerprint density at radius 3 is 2.95 bits per heavy atom. The Morgan fingerprint density at radius 2 is 2.25 bits per heavy atom. The fourth-order valence-corrected chi connectivity index (χ4v) is 2.14. The number of unbranched alkanes of at least 4 members (excludes halogenated alkanes) is 1. The van der Waals surface area contributed by atoms with Crippen LogP contribution >= 0.6 is 15.9 Å². The number of imidazole rings is 1. The maximum atomic E-state index is 13.6. The first-order valence-corrected chi connectivity index (χ1v) is 7.15. The van der Waals surface area contributed by atoms with Crippen molar-refractivity contribution in [1.29, 1.82) is 0 Å². The number of aryl methyl sites for hydroxylation is 1. The topological polar surface area (TPSA) is 46.9 Å². The van der Waals surface area contributed by atoms with Crippen molar-refractivity contribution in [3.05, 3.63) is 52.8 Å². The lowest BCUT2D eigenvalue weighted by atomic mass is 10.2. The van der Waals surface area contributed by atoms with E-state index in [1.54, 1.807) is 18.6 Å². The van der Waals surface area contributed by atoms with Gasteiger partial charge in [-0.1, -0.05) is 15.9 Å². The molecule has 1 aromatic heterocycles. The molecule has 1 heterocycles. The Balaban J connectivity index is 1.72. The van der Waals surface area contributed by atoms with E-state index in [4.69, 9.17) is 0 Å². The zero-order valence-corrected chi connectivity index (χ0v) is 12.4. The zero-order chi connectivity index (χ0) is 14.4. The van der Waals surface area contributed by atoms with Crippen molar-refractivity contribution >= 4 is 21.8 Å². The van der Waals surface area contributed by atoms with Crippen LogP contribution in [-0.2, 0) is 6.54 Å². The summed E-state index contributed by atoms with van der Waals surface area (Å²) in [6.07, 6.45) is 7.16. The molecule has 20 heavy (non-hydrogen) atoms. The van der Waals surface area contributed by atoms with Crippen molar-refractivity contribution in [1.82, 2.24) is 14.9 Å². The van der Waals surface area contributed by atoms with E-state index in [1.807, 2.05) is 10.8 Å². The van der Waals surface area contributed by atoms with Gasteiger partial charge >= 0.3 is 0 Å². The Morgan fingerprint density at radius 1 is 1.40 bits per heavy atom. The van der Waals surface area contributed by atoms with Crippen molar-refractivity contribution < 1.29 is 9.18 Å². The lowest BCUT2D eigenvalue weighted by molar-refractivity contribution is 0.0949. The number of aromatic nitrogens is 2. The summed E-state index contributed by atoms with van der Waals surface area (Å²) >= 11 is 3.16. The van der Waals surface area contributed by atoms with Crippen LogP contribution in [0.5, 0.6) is 0 Å². The van der Waals surface area contributed by atoms with Crippen LogP contribution in [0.2, 0.25) is 0 Å². The largest absolute Gasteiger partial charge is 0.352 e. The Labute approximate surface area is 125 Å². The molecule has 0 aliphatic carbocycles. The number of hydrogen-bond acceptors (Lipinski definition) is 2. The predicted octanol–water partition coefficient (Wildman–Crippen LogP) is 2.99. The van der Waals surface area contributed by atoms with Gasteiger partial charge in [0, 0.05) is 30.0 Å². The molecule has 0 atom stereocenters. The first-order chi connectivity index (χ1) is 9.66. The number of nitrogens with one attached hydrogen (secondary N) is 1. The Kier molecular flexibility index (Phi) is 5.29. The van der Waals surface area contributed by atoms with E-state index in [0.29, 0.717) is 11.0 Å². The molecule has 4 nitrogen and oxygen atoms in total. The molecule has 6 heteroatoms. The summed E-state index contributed by atoms with van der Waals surface area (Å²) in [7, 11) is 0. The highest BCUT2D eigenvalue weighted by Gasteiger charge is 2.10. The van der Waals surface area contributed by atoms with Gasteiger partial charge in [-0.3, -0.25) is 4.79 Å². The molecule has 0 saturated carbocycles. The van der Waals surface area contributed by atoms with E-state index in [0.717, 1.165) is 19.4 Å². The number of halogens is 2. The highest BCUT2D eigenvalue weighted by Crippen LogP contribution is 2.15. The van der Waals surface area contributed by atoms with E-state index >= 15 is 0 Å². The van der Waals surface area contributed by atoms with Crippen LogP contribution in [0.1, 0.15) is 23.2 Å². The van der Waals surface area contributed by atoms with Gasteiger partial charge in [0.05, 0.1) is 11.9 Å². The molecule has 1 N–H and O–H groups in total. The van der Waals surface area contributed by atoms with Gasteiger partial charge in [0.15, 0.2) is 0 Å². The maximum Gasteiger partial charge on any atom is 0.254 e. The summed E-state index contributed by atoms with van der Waals surface area (Å²) in [5.74, 6) is -0.895. The summed E-state index contributed by atoms with van der Waals surface area (Å²) in [4.78, 5) is 15.7. The van der Waals surface area contributed by atoms with Gasteiger partial charge in [0.25, 0.3) is 5.91 Å². The molecule has 1 amide bonds. The summed E-state index contributed by atoms with van der Waals surface area (Å²) < 4.78 is 16.2. The average Bonchev–Trinajstić information content (AvgIpc) is 2.91. The second-order valence-electron chi connectivity index (χ2n) is 4.39. The SMILES string of the molecule is O=C(NCCCCn1ccnc1)c1ccc(Br)cc1F. The van der Waals surface area contributed by atoms with Crippen molar-refractivity contribution in [2.45, 2.75) is 19.4 Å². The van der Waals surface area contributed by atoms with Gasteiger partial charge in [0.2, 0.25) is 0 Å². The molecule has 2 rings (SSSR count). The van der Waals surface area contributed by atoms with Crippen molar-refractivity contribution in [2.24, 2.45) is 0 Å². The summed E-state index contributed by atoms with van der Waals surface area (Å²) in [6.45, 7) is 1.39. The van der Waals surface area contributed by atoms with E-state index in [9.17, 15) is 9.18 Å². The van der Waals surface area contributed by atoms with Gasteiger partial charge in [0.1, 0.15) is 5.82 Å². The third-order valence-electron chi connectivity index (χ3n) is 2.86. The monoisotopic (exact) mass is 339 g/mol. The minimum atomic E-state index is -0.518. The quantitative estimate of drug-likeness (QED) is 0.822. The zero-order valence-electron chi connectivity index (χ0n) is 10.9. The highest BCUT2D eigenvalue weighted by molar-refractivity contribution is 9.10. The molecule has 0 unspecified atom stereocenters. The van der Waals surface area contributed by atoms with E-state index in [-0.39, 0.29) is 11.5 Å². The van der Waals surface area contributed by atoms with Crippen molar-refractivity contribution in [3.8, 4) is 0 Å². The highest BCUT2D eigenvalue weighted by atomic mass is 79.9. The van der Waals surface area contributed by atoms with Crippen LogP contribution in [0.4, 0.5) is 4.39 Å². The third kappa shape index (κ3) is 4.16. The van der Waals surface area contributed by atoms with Crippen molar-refractivity contribution in [3.63, 3.8) is 0 Å². The molecule has 0 spiro atoms. The van der Waals surface area contributed by atoms with Gasteiger partial charge < -0.3 is 9.88 Å². The van der Waals surface area contributed by atoms with E-state index < -0.39 is 5.82 Å². The number of carbonyl (C=O) groups is 1. The average molecular weight is 340 g/mol. The van der Waals surface area contributed by atoms with Gasteiger partial charge in [-0.25, -0.2) is 9.37 Å². The third-order valence-corrected chi connectivity index (χ3v) is 3.36. The summed E-state index contributed by atoms with van der Waals surface area (Å²) in [5.41, 5.74) is 0.0720. The van der Waals surface area contributed by atoms with Gasteiger partial charge in [-0.15, -0.1) is 0 Å². The molecule has 2 aromatic rings. The predicted molar refractivity (Wildman–Crippen MR) is 77.9 cm³/mol. The summed E-state index contributed by atoms with van der Waals surface area (Å²) in [5, 5.41) is 2.72. The number of nitrogens with zero attached hydrogens (tertiary/aromatic N) is 2. The molecular weight excluding hydrogens is 325 g/mol. The van der Waals surface area contributed by atoms with Crippen LogP contribution in [0, 0.1) is 5.82 Å². The van der Waals surface area contributed by atoms with Gasteiger partial charge in [-0.05, 0) is 31.0 Å². The lowest BCUT2D eigenvalue weighted by Crippen LogP contribution is -2.25. The number of amides is 1. The minimum absolute atomic E-state index is 0.0720. The van der Waals surface area contributed by atoms with Crippen LogP contribution in [0.25, 0.3) is 0 Å². The Hall–Kier alpha value is -1.69. The summed E-state index contributed by atoms with van der Waals surface area (Å²) in [6, 6.07) is 4.41. The van der Waals surface area contributed by atoms with Gasteiger partial charge in [-0.2, -0.15) is 0 Å². The van der Waals surface area contributed by atoms with Crippen LogP contribution < -0.4 is 5.32 Å². The minimum Gasteiger partial charge on any atom is -0.352 e. The normalized spacial score (nSPS) is 10.5. The van der Waals surface area contributed by atoms with Crippen molar-refractivity contribution in [2.75, 3.05) is 6.54 Å². The number of benzene rings is 1. The van der Waals surface area contributed by atoms with Crippen LogP contribution in [0.15, 0.2) is 41.4 Å². The second-order valence-corrected chi connectivity index (χ2v) is 5.30. The first kappa shape index (κ1) is 14.7. The first-order valence-electron chi connectivity index (χ1n) is 6.36. The standard InChI is InChI=1S/C14H15BrFN3O/c15-11-3-4-12(13(16)9-11)14(20)18-5-1-2-7-19-8-6-17-10-19/h3-4,6,8-10H,1-2,5,7H2,(H,18,20). The molecule has 0 saturated heterocycles. The lowest BCUT2D eigenvalue weighted by Gasteiger charge is -2.06.